The average Bonchev–Trinajstić information content (AvgIpc) is 2.86. The van der Waals surface area contributed by atoms with Crippen LogP contribution >= 0.6 is 11.8 Å². The highest BCUT2D eigenvalue weighted by Gasteiger charge is 2.12. The molecule has 0 saturated carbocycles. The Morgan fingerprint density at radius 3 is 2.67 bits per heavy atom. The van der Waals surface area contributed by atoms with E-state index in [0.717, 1.165) is 16.4 Å². The van der Waals surface area contributed by atoms with E-state index in [1.54, 1.807) is 12.1 Å². The molecule has 0 atom stereocenters. The fourth-order valence-corrected chi connectivity index (χ4v) is 2.46. The van der Waals surface area contributed by atoms with Gasteiger partial charge in [0.1, 0.15) is 13.2 Å². The molecule has 0 bridgehead atoms. The zero-order valence-electron chi connectivity index (χ0n) is 9.42. The van der Waals surface area contributed by atoms with Gasteiger partial charge in [-0.1, -0.05) is 11.8 Å². The first-order valence-corrected chi connectivity index (χ1v) is 6.29. The van der Waals surface area contributed by atoms with E-state index in [2.05, 4.69) is 0 Å². The van der Waals surface area contributed by atoms with Gasteiger partial charge in [-0.25, -0.2) is 0 Å². The van der Waals surface area contributed by atoms with Crippen LogP contribution in [-0.4, -0.2) is 19.5 Å². The van der Waals surface area contributed by atoms with Crippen molar-refractivity contribution >= 4 is 18.0 Å². The molecule has 0 aliphatic carbocycles. The topological polar surface area (TPSA) is 48.7 Å². The van der Waals surface area contributed by atoms with Gasteiger partial charge >= 0.3 is 0 Å². The molecule has 0 radical (unpaired) electrons. The van der Waals surface area contributed by atoms with E-state index < -0.39 is 0 Å². The van der Waals surface area contributed by atoms with Crippen LogP contribution in [0.1, 0.15) is 10.6 Å². The smallest absolute Gasteiger partial charge is 0.185 e. The van der Waals surface area contributed by atoms with Crippen LogP contribution in [0.25, 0.3) is 0 Å². The third-order valence-electron chi connectivity index (χ3n) is 2.45. The number of aldehydes is 1. The van der Waals surface area contributed by atoms with E-state index >= 15 is 0 Å². The summed E-state index contributed by atoms with van der Waals surface area (Å²) in [6, 6.07) is 9.13. The average molecular weight is 262 g/mol. The number of furan rings is 1. The Bertz CT molecular complexity index is 576. The summed E-state index contributed by atoms with van der Waals surface area (Å²) in [5.74, 6) is 1.84. The third kappa shape index (κ3) is 2.22. The van der Waals surface area contributed by atoms with E-state index in [4.69, 9.17) is 13.9 Å². The maximum atomic E-state index is 10.5. The second-order valence-electron chi connectivity index (χ2n) is 3.68. The van der Waals surface area contributed by atoms with Crippen molar-refractivity contribution in [3.63, 3.8) is 0 Å². The molecule has 3 rings (SSSR count). The number of carbonyl (C=O) groups excluding carboxylic acids is 1. The Kier molecular flexibility index (Phi) is 2.98. The Morgan fingerprint density at radius 2 is 1.89 bits per heavy atom. The lowest BCUT2D eigenvalue weighted by molar-refractivity contribution is 0.109. The number of fused-ring (bicyclic) bond motifs is 1. The maximum absolute atomic E-state index is 10.5. The second kappa shape index (κ2) is 4.78. The summed E-state index contributed by atoms with van der Waals surface area (Å²) in [5, 5.41) is 0.675. The molecule has 1 aromatic heterocycles. The molecule has 92 valence electrons. The van der Waals surface area contributed by atoms with Gasteiger partial charge < -0.3 is 13.9 Å². The zero-order chi connectivity index (χ0) is 12.4. The lowest BCUT2D eigenvalue weighted by Gasteiger charge is -2.18. The van der Waals surface area contributed by atoms with Gasteiger partial charge in [0.15, 0.2) is 28.6 Å². The Labute approximate surface area is 108 Å². The van der Waals surface area contributed by atoms with E-state index in [1.165, 1.54) is 11.8 Å². The molecule has 2 heterocycles. The quantitative estimate of drug-likeness (QED) is 0.796. The summed E-state index contributed by atoms with van der Waals surface area (Å²) >= 11 is 1.44. The molecular formula is C13H10O4S. The molecule has 5 heteroatoms. The molecule has 1 aromatic carbocycles. The van der Waals surface area contributed by atoms with Crippen LogP contribution in [-0.2, 0) is 0 Å². The Hall–Kier alpha value is -1.88. The van der Waals surface area contributed by atoms with Crippen molar-refractivity contribution in [2.45, 2.75) is 9.99 Å². The fraction of sp³-hybridized carbons (Fsp3) is 0.154. The second-order valence-corrected chi connectivity index (χ2v) is 4.76. The summed E-state index contributed by atoms with van der Waals surface area (Å²) in [4.78, 5) is 11.5. The number of carbonyl (C=O) groups is 1. The summed E-state index contributed by atoms with van der Waals surface area (Å²) in [7, 11) is 0. The normalized spacial score (nSPS) is 13.3. The van der Waals surface area contributed by atoms with E-state index in [1.807, 2.05) is 18.2 Å². The lowest BCUT2D eigenvalue weighted by Crippen LogP contribution is -2.15. The first kappa shape index (κ1) is 11.2. The molecule has 18 heavy (non-hydrogen) atoms. The Morgan fingerprint density at radius 1 is 1.06 bits per heavy atom. The summed E-state index contributed by atoms with van der Waals surface area (Å²) in [6.45, 7) is 1.15. The Balaban J connectivity index is 1.82. The molecule has 1 aliphatic rings. The van der Waals surface area contributed by atoms with Gasteiger partial charge in [0.05, 0.1) is 0 Å². The molecule has 0 amide bonds. The first-order valence-electron chi connectivity index (χ1n) is 5.48. The van der Waals surface area contributed by atoms with Gasteiger partial charge in [0.25, 0.3) is 0 Å². The number of rotatable bonds is 3. The van der Waals surface area contributed by atoms with E-state index in [0.29, 0.717) is 30.4 Å². The van der Waals surface area contributed by atoms with E-state index in [9.17, 15) is 4.79 Å². The van der Waals surface area contributed by atoms with Crippen LogP contribution in [0.5, 0.6) is 11.5 Å². The van der Waals surface area contributed by atoms with Crippen LogP contribution in [0, 0.1) is 0 Å². The van der Waals surface area contributed by atoms with Crippen molar-refractivity contribution in [2.24, 2.45) is 0 Å². The number of ether oxygens (including phenoxy) is 2. The predicted molar refractivity (Wildman–Crippen MR) is 65.7 cm³/mol. The van der Waals surface area contributed by atoms with Crippen LogP contribution in [0.4, 0.5) is 0 Å². The minimum Gasteiger partial charge on any atom is -0.486 e. The molecule has 0 N–H and O–H groups in total. The lowest BCUT2D eigenvalue weighted by atomic mass is 10.3. The van der Waals surface area contributed by atoms with Gasteiger partial charge in [-0.2, -0.15) is 0 Å². The molecule has 0 unspecified atom stereocenters. The molecule has 0 saturated heterocycles. The third-order valence-corrected chi connectivity index (χ3v) is 3.36. The molecular weight excluding hydrogens is 252 g/mol. The minimum absolute atomic E-state index is 0.329. The molecule has 0 spiro atoms. The number of hydrogen-bond donors (Lipinski definition) is 0. The van der Waals surface area contributed by atoms with Crippen LogP contribution < -0.4 is 9.47 Å². The molecule has 2 aromatic rings. The fourth-order valence-electron chi connectivity index (χ4n) is 1.66. The van der Waals surface area contributed by atoms with Crippen LogP contribution in [0.15, 0.2) is 44.7 Å². The molecule has 0 fully saturated rings. The van der Waals surface area contributed by atoms with Crippen LogP contribution in [0.2, 0.25) is 0 Å². The number of hydrogen-bond acceptors (Lipinski definition) is 5. The molecule has 4 nitrogen and oxygen atoms in total. The summed E-state index contributed by atoms with van der Waals surface area (Å²) in [6.07, 6.45) is 0.688. The van der Waals surface area contributed by atoms with Crippen molar-refractivity contribution in [1.29, 1.82) is 0 Å². The predicted octanol–water partition coefficient (Wildman–Crippen LogP) is 3.01. The highest BCUT2D eigenvalue weighted by atomic mass is 32.2. The molecule has 1 aliphatic heterocycles. The van der Waals surface area contributed by atoms with E-state index in [-0.39, 0.29) is 0 Å². The zero-order valence-corrected chi connectivity index (χ0v) is 10.2. The van der Waals surface area contributed by atoms with Crippen molar-refractivity contribution in [2.75, 3.05) is 13.2 Å². The van der Waals surface area contributed by atoms with Crippen molar-refractivity contribution in [3.8, 4) is 11.5 Å². The van der Waals surface area contributed by atoms with Gasteiger partial charge in [-0.15, -0.1) is 0 Å². The number of benzene rings is 1. The standard InChI is InChI=1S/C13H10O4S/c14-8-9-1-4-13(17-9)18-10-2-3-11-12(7-10)16-6-5-15-11/h1-4,7-8H,5-6H2. The van der Waals surface area contributed by atoms with Crippen molar-refractivity contribution in [3.05, 3.63) is 36.1 Å². The maximum Gasteiger partial charge on any atom is 0.185 e. The first-order chi connectivity index (χ1) is 8.85. The SMILES string of the molecule is O=Cc1ccc(Sc2ccc3c(c2)OCCO3)o1. The summed E-state index contributed by atoms with van der Waals surface area (Å²) < 4.78 is 16.3. The monoisotopic (exact) mass is 262 g/mol. The van der Waals surface area contributed by atoms with Gasteiger partial charge in [-0.05, 0) is 30.3 Å². The van der Waals surface area contributed by atoms with Gasteiger partial charge in [-0.3, -0.25) is 4.79 Å². The summed E-state index contributed by atoms with van der Waals surface area (Å²) in [5.41, 5.74) is 0. The van der Waals surface area contributed by atoms with Gasteiger partial charge in [0.2, 0.25) is 0 Å². The largest absolute Gasteiger partial charge is 0.486 e. The van der Waals surface area contributed by atoms with Crippen molar-refractivity contribution in [1.82, 2.24) is 0 Å². The minimum atomic E-state index is 0.329. The highest BCUT2D eigenvalue weighted by Crippen LogP contribution is 2.37. The highest BCUT2D eigenvalue weighted by molar-refractivity contribution is 7.99. The van der Waals surface area contributed by atoms with Crippen molar-refractivity contribution < 1.29 is 18.7 Å². The van der Waals surface area contributed by atoms with Crippen LogP contribution in [0.3, 0.4) is 0 Å². The van der Waals surface area contributed by atoms with Gasteiger partial charge in [0, 0.05) is 4.90 Å².